The van der Waals surface area contributed by atoms with Gasteiger partial charge in [-0.2, -0.15) is 5.10 Å². The molecular weight excluding hydrogens is 492 g/mol. The fourth-order valence-electron chi connectivity index (χ4n) is 3.61. The number of benzene rings is 3. The van der Waals surface area contributed by atoms with E-state index in [4.69, 9.17) is 16.3 Å². The minimum atomic E-state index is -0.465. The van der Waals surface area contributed by atoms with E-state index in [1.165, 1.54) is 24.4 Å². The smallest absolute Gasteiger partial charge is 0.271 e. The zero-order valence-electron chi connectivity index (χ0n) is 20.1. The number of likely N-dealkylation sites (N-methyl/N-ethyl adjacent to an activating group) is 1. The molecule has 8 nitrogen and oxygen atoms in total. The van der Waals surface area contributed by atoms with Gasteiger partial charge in [-0.1, -0.05) is 41.9 Å². The number of halogens is 1. The van der Waals surface area contributed by atoms with Crippen molar-refractivity contribution in [2.45, 2.75) is 6.42 Å². The lowest BCUT2D eigenvalue weighted by Gasteiger charge is -2.18. The Labute approximate surface area is 219 Å². The monoisotopic (exact) mass is 516 g/mol. The summed E-state index contributed by atoms with van der Waals surface area (Å²) < 4.78 is 5.88. The van der Waals surface area contributed by atoms with Crippen LogP contribution in [0.3, 0.4) is 0 Å². The first-order valence-corrected chi connectivity index (χ1v) is 11.9. The van der Waals surface area contributed by atoms with Crippen LogP contribution in [0.2, 0.25) is 5.02 Å². The number of ether oxygens (including phenoxy) is 1. The summed E-state index contributed by atoms with van der Waals surface area (Å²) in [6, 6.07) is 21.0. The van der Waals surface area contributed by atoms with Crippen molar-refractivity contribution in [1.29, 1.82) is 0 Å². The Kier molecular flexibility index (Phi) is 8.33. The molecule has 4 aromatic rings. The maximum atomic E-state index is 12.6. The Morgan fingerprint density at radius 2 is 1.86 bits per heavy atom. The minimum absolute atomic E-state index is 0.0797. The predicted octanol–water partition coefficient (Wildman–Crippen LogP) is 4.44. The van der Waals surface area contributed by atoms with Crippen molar-refractivity contribution in [1.82, 2.24) is 15.3 Å². The van der Waals surface area contributed by atoms with Crippen LogP contribution in [-0.2, 0) is 11.2 Å². The Hall–Kier alpha value is -4.43. The molecule has 0 radical (unpaired) electrons. The molecule has 0 aliphatic heterocycles. The molecule has 0 saturated heterocycles. The van der Waals surface area contributed by atoms with E-state index >= 15 is 0 Å². The number of aromatic nitrogens is 1. The third-order valence-electron chi connectivity index (χ3n) is 5.70. The number of carbonyl (C=O) groups excluding carboxylic acids is 2. The number of hydrogen-bond acceptors (Lipinski definition) is 6. The van der Waals surface area contributed by atoms with Crippen molar-refractivity contribution >= 4 is 40.4 Å². The highest BCUT2D eigenvalue weighted by Crippen LogP contribution is 2.28. The summed E-state index contributed by atoms with van der Waals surface area (Å²) >= 11 is 5.86. The average Bonchev–Trinajstić information content (AvgIpc) is 2.92. The van der Waals surface area contributed by atoms with Gasteiger partial charge in [-0.15, -0.1) is 0 Å². The average molecular weight is 517 g/mol. The van der Waals surface area contributed by atoms with Crippen molar-refractivity contribution in [2.75, 3.05) is 20.2 Å². The molecule has 2 N–H and O–H groups in total. The molecule has 0 aliphatic rings. The van der Waals surface area contributed by atoms with Crippen LogP contribution in [-0.4, -0.2) is 53.2 Å². The van der Waals surface area contributed by atoms with Gasteiger partial charge in [-0.25, -0.2) is 5.43 Å². The number of rotatable bonds is 9. The van der Waals surface area contributed by atoms with Crippen LogP contribution in [0.5, 0.6) is 11.5 Å². The predicted molar refractivity (Wildman–Crippen MR) is 143 cm³/mol. The van der Waals surface area contributed by atoms with Gasteiger partial charge in [-0.3, -0.25) is 14.6 Å². The molecule has 0 unspecified atom stereocenters. The molecule has 2 amide bonds. The fourth-order valence-corrected chi connectivity index (χ4v) is 3.79. The molecule has 3 aromatic carbocycles. The van der Waals surface area contributed by atoms with Crippen LogP contribution < -0.4 is 10.2 Å². The molecule has 4 rings (SSSR count). The van der Waals surface area contributed by atoms with Gasteiger partial charge >= 0.3 is 0 Å². The number of phenols is 1. The van der Waals surface area contributed by atoms with Crippen LogP contribution in [0, 0.1) is 0 Å². The second-order valence-electron chi connectivity index (χ2n) is 8.24. The number of phenolic OH excluding ortho intramolecular Hbond substituents is 1. The normalized spacial score (nSPS) is 11.0. The van der Waals surface area contributed by atoms with Gasteiger partial charge in [0.1, 0.15) is 11.5 Å². The van der Waals surface area contributed by atoms with Crippen molar-refractivity contribution in [3.8, 4) is 11.5 Å². The van der Waals surface area contributed by atoms with Crippen molar-refractivity contribution in [3.05, 3.63) is 101 Å². The van der Waals surface area contributed by atoms with Crippen LogP contribution in [0.4, 0.5) is 0 Å². The zero-order valence-corrected chi connectivity index (χ0v) is 20.9. The number of hydrazone groups is 1. The number of pyridine rings is 1. The van der Waals surface area contributed by atoms with Gasteiger partial charge in [0, 0.05) is 48.4 Å². The molecular formula is C28H25ClN4O4. The van der Waals surface area contributed by atoms with E-state index in [1.807, 2.05) is 42.5 Å². The molecule has 0 atom stereocenters. The highest BCUT2D eigenvalue weighted by molar-refractivity contribution is 6.32. The number of hydrogen-bond donors (Lipinski definition) is 2. The number of nitrogens with one attached hydrogen (secondary N) is 1. The van der Waals surface area contributed by atoms with Gasteiger partial charge in [0.05, 0.1) is 11.2 Å². The van der Waals surface area contributed by atoms with E-state index in [0.717, 1.165) is 22.0 Å². The summed E-state index contributed by atoms with van der Waals surface area (Å²) in [6.07, 6.45) is 3.93. The second kappa shape index (κ2) is 12.0. The lowest BCUT2D eigenvalue weighted by molar-refractivity contribution is -0.132. The van der Waals surface area contributed by atoms with E-state index in [9.17, 15) is 14.7 Å². The van der Waals surface area contributed by atoms with Gasteiger partial charge in [0.25, 0.3) is 11.8 Å². The first-order valence-electron chi connectivity index (χ1n) is 11.5. The Bertz CT molecular complexity index is 1440. The van der Waals surface area contributed by atoms with Crippen molar-refractivity contribution in [3.63, 3.8) is 0 Å². The molecule has 0 bridgehead atoms. The molecule has 0 aliphatic carbocycles. The maximum Gasteiger partial charge on any atom is 0.271 e. The maximum absolute atomic E-state index is 12.6. The largest absolute Gasteiger partial charge is 0.506 e. The molecule has 188 valence electrons. The molecule has 0 fully saturated rings. The van der Waals surface area contributed by atoms with Gasteiger partial charge in [-0.05, 0) is 47.9 Å². The summed E-state index contributed by atoms with van der Waals surface area (Å²) in [5, 5.41) is 15.3. The second-order valence-corrected chi connectivity index (χ2v) is 8.65. The summed E-state index contributed by atoms with van der Waals surface area (Å²) in [6.45, 7) is 0.443. The van der Waals surface area contributed by atoms with E-state index in [0.29, 0.717) is 18.7 Å². The number of nitrogens with zero attached hydrogens (tertiary/aromatic N) is 3. The van der Waals surface area contributed by atoms with E-state index in [-0.39, 0.29) is 28.8 Å². The molecule has 0 spiro atoms. The lowest BCUT2D eigenvalue weighted by atomic mass is 10.0. The lowest BCUT2D eigenvalue weighted by Crippen LogP contribution is -2.33. The molecule has 0 saturated carbocycles. The first kappa shape index (κ1) is 25.7. The van der Waals surface area contributed by atoms with Crippen LogP contribution >= 0.6 is 11.6 Å². The highest BCUT2D eigenvalue weighted by atomic mass is 35.5. The SMILES string of the molecule is CN(CCc1ccccn1)C(=O)COc1ccc(/C=N/NC(=O)c2ccc(O)c(Cl)c2)c2ccccc12. The Morgan fingerprint density at radius 1 is 1.08 bits per heavy atom. The third-order valence-corrected chi connectivity index (χ3v) is 6.01. The van der Waals surface area contributed by atoms with Crippen molar-refractivity contribution in [2.24, 2.45) is 5.10 Å². The Morgan fingerprint density at radius 3 is 2.62 bits per heavy atom. The third kappa shape index (κ3) is 6.62. The Balaban J connectivity index is 1.39. The van der Waals surface area contributed by atoms with Gasteiger partial charge in [0.15, 0.2) is 6.61 Å². The number of aromatic hydroxyl groups is 1. The quantitative estimate of drug-likeness (QED) is 0.253. The van der Waals surface area contributed by atoms with Gasteiger partial charge < -0.3 is 14.7 Å². The fraction of sp³-hybridized carbons (Fsp3) is 0.143. The van der Waals surface area contributed by atoms with E-state index in [2.05, 4.69) is 15.5 Å². The van der Waals surface area contributed by atoms with Crippen molar-refractivity contribution < 1.29 is 19.4 Å². The molecule has 9 heteroatoms. The van der Waals surface area contributed by atoms with Crippen LogP contribution in [0.1, 0.15) is 21.6 Å². The summed E-state index contributed by atoms with van der Waals surface area (Å²) in [4.78, 5) is 30.8. The highest BCUT2D eigenvalue weighted by Gasteiger charge is 2.13. The van der Waals surface area contributed by atoms with Crippen LogP contribution in [0.25, 0.3) is 10.8 Å². The first-order chi connectivity index (χ1) is 17.9. The van der Waals surface area contributed by atoms with Gasteiger partial charge in [0.2, 0.25) is 0 Å². The summed E-state index contributed by atoms with van der Waals surface area (Å²) in [5.74, 6) is -0.133. The van der Waals surface area contributed by atoms with E-state index in [1.54, 1.807) is 30.3 Å². The van der Waals surface area contributed by atoms with Crippen LogP contribution in [0.15, 0.2) is 84.1 Å². The number of fused-ring (bicyclic) bond motifs is 1. The standard InChI is InChI=1S/C28H25ClN4O4/c1-33(15-13-21-6-4-5-14-30-21)27(35)18-37-26-12-10-20(22-7-2-3-8-23(22)26)17-31-32-28(36)19-9-11-25(34)24(29)16-19/h2-12,14,16-17,34H,13,15,18H2,1H3,(H,32,36)/b31-17+. The number of amides is 2. The summed E-state index contributed by atoms with van der Waals surface area (Å²) in [7, 11) is 1.74. The molecule has 1 aromatic heterocycles. The minimum Gasteiger partial charge on any atom is -0.506 e. The number of carbonyl (C=O) groups is 2. The zero-order chi connectivity index (χ0) is 26.2. The topological polar surface area (TPSA) is 104 Å². The molecule has 1 heterocycles. The summed E-state index contributed by atoms with van der Waals surface area (Å²) in [5.41, 5.74) is 4.40. The van der Waals surface area contributed by atoms with E-state index < -0.39 is 5.91 Å². The molecule has 37 heavy (non-hydrogen) atoms.